The van der Waals surface area contributed by atoms with Crippen LogP contribution in [-0.2, 0) is 4.79 Å². The van der Waals surface area contributed by atoms with Gasteiger partial charge in [-0.25, -0.2) is 0 Å². The van der Waals surface area contributed by atoms with E-state index in [1.165, 1.54) is 0 Å². The normalized spacial score (nSPS) is 17.7. The maximum atomic E-state index is 12.2. The summed E-state index contributed by atoms with van der Waals surface area (Å²) in [6.45, 7) is 4.81. The molecule has 0 bridgehead atoms. The van der Waals surface area contributed by atoms with Crippen molar-refractivity contribution in [3.8, 4) is 0 Å². The average molecular weight is 262 g/mol. The second kappa shape index (κ2) is 5.61. The van der Waals surface area contributed by atoms with Crippen molar-refractivity contribution >= 4 is 11.6 Å². The number of amides is 1. The molecule has 1 atom stereocenters. The second-order valence-electron chi connectivity index (χ2n) is 5.17. The Morgan fingerprint density at radius 2 is 2.11 bits per heavy atom. The summed E-state index contributed by atoms with van der Waals surface area (Å²) in [6.07, 6.45) is 1.28. The first-order valence-electron chi connectivity index (χ1n) is 6.92. The number of rotatable bonds is 5. The Hall–Kier alpha value is -1.55. The summed E-state index contributed by atoms with van der Waals surface area (Å²) in [4.78, 5) is 12.2. The van der Waals surface area contributed by atoms with E-state index in [0.29, 0.717) is 25.9 Å². The van der Waals surface area contributed by atoms with Crippen LogP contribution >= 0.6 is 0 Å². The maximum Gasteiger partial charge on any atom is 0.229 e. The second-order valence-corrected chi connectivity index (χ2v) is 5.17. The first kappa shape index (κ1) is 13.9. The maximum absolute atomic E-state index is 12.2. The smallest absolute Gasteiger partial charge is 0.229 e. The molecule has 0 radical (unpaired) electrons. The number of anilines is 1. The molecule has 3 N–H and O–H groups in total. The zero-order valence-electron chi connectivity index (χ0n) is 11.6. The van der Waals surface area contributed by atoms with Gasteiger partial charge in [0, 0.05) is 18.8 Å². The molecule has 1 aliphatic rings. The van der Waals surface area contributed by atoms with Gasteiger partial charge in [0.15, 0.2) is 0 Å². The first-order chi connectivity index (χ1) is 9.09. The molecule has 1 aromatic carbocycles. The highest BCUT2D eigenvalue weighted by Gasteiger charge is 2.30. The standard InChI is InChI=1S/C15H22N2O2/c1-3-15(19,4-2)10-17-14(18)12-9-16-13-8-6-5-7-11(12)13/h5-8,12,16,19H,3-4,9-10H2,1-2H3,(H,17,18). The highest BCUT2D eigenvalue weighted by atomic mass is 16.3. The number of hydrogen-bond acceptors (Lipinski definition) is 3. The molecule has 104 valence electrons. The molecule has 4 heteroatoms. The number of carbonyl (C=O) groups excluding carboxylic acids is 1. The molecule has 0 spiro atoms. The van der Waals surface area contributed by atoms with Gasteiger partial charge in [0.2, 0.25) is 5.91 Å². The Morgan fingerprint density at radius 1 is 1.42 bits per heavy atom. The zero-order valence-corrected chi connectivity index (χ0v) is 11.6. The van der Waals surface area contributed by atoms with Crippen LogP contribution in [0.15, 0.2) is 24.3 Å². The summed E-state index contributed by atoms with van der Waals surface area (Å²) in [5.74, 6) is -0.174. The summed E-state index contributed by atoms with van der Waals surface area (Å²) < 4.78 is 0. The van der Waals surface area contributed by atoms with Crippen LogP contribution in [0.5, 0.6) is 0 Å². The van der Waals surface area contributed by atoms with Crippen molar-refractivity contribution in [2.24, 2.45) is 0 Å². The first-order valence-corrected chi connectivity index (χ1v) is 6.92. The predicted octanol–water partition coefficient (Wildman–Crippen LogP) is 1.86. The molecular weight excluding hydrogens is 240 g/mol. The third-order valence-corrected chi connectivity index (χ3v) is 4.06. The minimum Gasteiger partial charge on any atom is -0.388 e. The van der Waals surface area contributed by atoms with Gasteiger partial charge in [-0.15, -0.1) is 0 Å². The molecule has 1 heterocycles. The third kappa shape index (κ3) is 2.89. The summed E-state index contributed by atoms with van der Waals surface area (Å²) >= 11 is 0. The summed E-state index contributed by atoms with van der Waals surface area (Å²) in [6, 6.07) is 7.86. The van der Waals surface area contributed by atoms with Gasteiger partial charge in [-0.05, 0) is 24.5 Å². The fourth-order valence-corrected chi connectivity index (χ4v) is 2.39. The van der Waals surface area contributed by atoms with E-state index >= 15 is 0 Å². The summed E-state index contributed by atoms with van der Waals surface area (Å²) in [7, 11) is 0. The number of fused-ring (bicyclic) bond motifs is 1. The number of hydrogen-bond donors (Lipinski definition) is 3. The Morgan fingerprint density at radius 3 is 2.79 bits per heavy atom. The molecule has 0 aromatic heterocycles. The lowest BCUT2D eigenvalue weighted by atomic mass is 9.96. The van der Waals surface area contributed by atoms with E-state index < -0.39 is 5.60 Å². The van der Waals surface area contributed by atoms with Crippen molar-refractivity contribution in [3.63, 3.8) is 0 Å². The fourth-order valence-electron chi connectivity index (χ4n) is 2.39. The van der Waals surface area contributed by atoms with Gasteiger partial charge >= 0.3 is 0 Å². The zero-order chi connectivity index (χ0) is 13.9. The van der Waals surface area contributed by atoms with E-state index in [1.807, 2.05) is 38.1 Å². The van der Waals surface area contributed by atoms with E-state index in [2.05, 4.69) is 10.6 Å². The predicted molar refractivity (Wildman–Crippen MR) is 76.2 cm³/mol. The van der Waals surface area contributed by atoms with Crippen molar-refractivity contribution in [3.05, 3.63) is 29.8 Å². The van der Waals surface area contributed by atoms with Crippen LogP contribution in [-0.4, -0.2) is 29.7 Å². The van der Waals surface area contributed by atoms with Crippen LogP contribution < -0.4 is 10.6 Å². The molecule has 4 nitrogen and oxygen atoms in total. The van der Waals surface area contributed by atoms with Gasteiger partial charge in [-0.2, -0.15) is 0 Å². The Kier molecular flexibility index (Phi) is 4.10. The van der Waals surface area contributed by atoms with E-state index in [1.54, 1.807) is 0 Å². The molecule has 1 amide bonds. The third-order valence-electron chi connectivity index (χ3n) is 4.06. The van der Waals surface area contributed by atoms with Gasteiger partial charge in [0.1, 0.15) is 0 Å². The molecule has 19 heavy (non-hydrogen) atoms. The van der Waals surface area contributed by atoms with Crippen molar-refractivity contribution in [2.45, 2.75) is 38.2 Å². The van der Waals surface area contributed by atoms with Crippen LogP contribution in [0.1, 0.15) is 38.2 Å². The molecule has 2 rings (SSSR count). The molecule has 1 unspecified atom stereocenters. The van der Waals surface area contributed by atoms with Crippen LogP contribution in [0, 0.1) is 0 Å². The van der Waals surface area contributed by atoms with Crippen LogP contribution in [0.3, 0.4) is 0 Å². The fraction of sp³-hybridized carbons (Fsp3) is 0.533. The van der Waals surface area contributed by atoms with Gasteiger partial charge in [-0.1, -0.05) is 32.0 Å². The van der Waals surface area contributed by atoms with E-state index in [9.17, 15) is 9.90 Å². The molecule has 1 aromatic rings. The lowest BCUT2D eigenvalue weighted by Gasteiger charge is -2.26. The van der Waals surface area contributed by atoms with Crippen LogP contribution in [0.2, 0.25) is 0 Å². The van der Waals surface area contributed by atoms with Crippen LogP contribution in [0.4, 0.5) is 5.69 Å². The Balaban J connectivity index is 1.99. The topological polar surface area (TPSA) is 61.4 Å². The highest BCUT2D eigenvalue weighted by molar-refractivity contribution is 5.88. The number of nitrogens with one attached hydrogen (secondary N) is 2. The van der Waals surface area contributed by atoms with Gasteiger partial charge < -0.3 is 15.7 Å². The Labute approximate surface area is 114 Å². The molecule has 0 aliphatic carbocycles. The minimum absolute atomic E-state index is 0.0159. The van der Waals surface area contributed by atoms with Crippen molar-refractivity contribution in [2.75, 3.05) is 18.4 Å². The SMILES string of the molecule is CCC(O)(CC)CNC(=O)C1CNc2ccccc21. The quantitative estimate of drug-likeness (QED) is 0.759. The van der Waals surface area contributed by atoms with E-state index in [-0.39, 0.29) is 11.8 Å². The van der Waals surface area contributed by atoms with Crippen molar-refractivity contribution in [1.82, 2.24) is 5.32 Å². The number of para-hydroxylation sites is 1. The highest BCUT2D eigenvalue weighted by Crippen LogP contribution is 2.31. The molecule has 0 saturated heterocycles. The number of benzene rings is 1. The summed E-state index contributed by atoms with van der Waals surface area (Å²) in [5, 5.41) is 16.3. The van der Waals surface area contributed by atoms with E-state index in [0.717, 1.165) is 11.3 Å². The number of aliphatic hydroxyl groups is 1. The molecular formula is C15H22N2O2. The van der Waals surface area contributed by atoms with Gasteiger partial charge in [-0.3, -0.25) is 4.79 Å². The summed E-state index contributed by atoms with van der Waals surface area (Å²) in [5.41, 5.74) is 1.28. The van der Waals surface area contributed by atoms with Gasteiger partial charge in [0.25, 0.3) is 0 Å². The minimum atomic E-state index is -0.790. The Bertz CT molecular complexity index is 455. The van der Waals surface area contributed by atoms with E-state index in [4.69, 9.17) is 0 Å². The van der Waals surface area contributed by atoms with Crippen molar-refractivity contribution < 1.29 is 9.90 Å². The molecule has 0 fully saturated rings. The monoisotopic (exact) mass is 262 g/mol. The lowest BCUT2D eigenvalue weighted by Crippen LogP contribution is -2.43. The van der Waals surface area contributed by atoms with Gasteiger partial charge in [0.05, 0.1) is 11.5 Å². The largest absolute Gasteiger partial charge is 0.388 e. The lowest BCUT2D eigenvalue weighted by molar-refractivity contribution is -0.123. The molecule has 1 aliphatic heterocycles. The average Bonchev–Trinajstić information content (AvgIpc) is 2.88. The van der Waals surface area contributed by atoms with Crippen LogP contribution in [0.25, 0.3) is 0 Å². The molecule has 0 saturated carbocycles. The van der Waals surface area contributed by atoms with Crippen molar-refractivity contribution in [1.29, 1.82) is 0 Å². The number of carbonyl (C=O) groups is 1.